The Labute approximate surface area is 201 Å². The number of aromatic nitrogens is 1. The van der Waals surface area contributed by atoms with Crippen LogP contribution in [0, 0.1) is 0 Å². The second-order valence-electron chi connectivity index (χ2n) is 7.19. The number of hydrogen-bond acceptors (Lipinski definition) is 3. The van der Waals surface area contributed by atoms with Gasteiger partial charge in [-0.2, -0.15) is 0 Å². The van der Waals surface area contributed by atoms with Crippen LogP contribution in [0.3, 0.4) is 0 Å². The Morgan fingerprint density at radius 1 is 0.562 bits per heavy atom. The molecule has 5 heteroatoms. The number of nitrogens with zero attached hydrogens (tertiary/aromatic N) is 2. The Balaban J connectivity index is 1.74. The van der Waals surface area contributed by atoms with Crippen molar-refractivity contribution in [3.8, 4) is 21.8 Å². The van der Waals surface area contributed by atoms with Crippen molar-refractivity contribution in [3.63, 3.8) is 0 Å². The van der Waals surface area contributed by atoms with Gasteiger partial charge in [0.25, 0.3) is 0 Å². The molecule has 32 heavy (non-hydrogen) atoms. The van der Waals surface area contributed by atoms with Crippen LogP contribution in [0.4, 0.5) is 16.4 Å². The van der Waals surface area contributed by atoms with Gasteiger partial charge in [-0.15, -0.1) is 0 Å². The first-order chi connectivity index (χ1) is 15.7. The molecule has 0 atom stereocenters. The topological polar surface area (TPSA) is 16.1 Å². The second-order valence-corrected chi connectivity index (χ2v) is 9.04. The van der Waals surface area contributed by atoms with Gasteiger partial charge in [0.2, 0.25) is 0 Å². The summed E-state index contributed by atoms with van der Waals surface area (Å²) in [5.41, 5.74) is 5.09. The maximum atomic E-state index is 6.17. The van der Waals surface area contributed by atoms with Gasteiger partial charge < -0.3 is 4.90 Å². The third-order valence-electron chi connectivity index (χ3n) is 5.05. The fourth-order valence-corrected chi connectivity index (χ4v) is 4.90. The van der Waals surface area contributed by atoms with E-state index in [1.807, 2.05) is 84.9 Å². The highest BCUT2D eigenvalue weighted by molar-refractivity contribution is 7.19. The maximum absolute atomic E-state index is 6.17. The van der Waals surface area contributed by atoms with Gasteiger partial charge in [-0.05, 0) is 48.5 Å². The summed E-state index contributed by atoms with van der Waals surface area (Å²) in [5.74, 6) is 0. The summed E-state index contributed by atoms with van der Waals surface area (Å²) >= 11 is 13.9. The molecule has 0 spiro atoms. The van der Waals surface area contributed by atoms with Gasteiger partial charge in [-0.25, -0.2) is 4.98 Å². The fraction of sp³-hybridized carbons (Fsp3) is 0. The molecule has 5 rings (SSSR count). The minimum Gasteiger partial charge on any atom is -0.300 e. The standard InChI is InChI=1S/C27H18Cl2N2S/c28-21-15-11-19(12-16-21)25-27(32-26(30-25)20-13-17-22(29)18-14-20)31(23-7-3-1-4-8-23)24-9-5-2-6-10-24/h1-18H. The van der Waals surface area contributed by atoms with E-state index in [0.717, 1.165) is 38.2 Å². The highest BCUT2D eigenvalue weighted by Gasteiger charge is 2.22. The van der Waals surface area contributed by atoms with Crippen molar-refractivity contribution < 1.29 is 0 Å². The summed E-state index contributed by atoms with van der Waals surface area (Å²) in [4.78, 5) is 7.32. The Hall–Kier alpha value is -3.11. The molecule has 0 aliphatic carbocycles. The van der Waals surface area contributed by atoms with Crippen LogP contribution in [0.25, 0.3) is 21.8 Å². The predicted octanol–water partition coefficient (Wildman–Crippen LogP) is 9.25. The van der Waals surface area contributed by atoms with Crippen molar-refractivity contribution >= 4 is 50.9 Å². The summed E-state index contributed by atoms with van der Waals surface area (Å²) in [5, 5.41) is 3.37. The van der Waals surface area contributed by atoms with Crippen LogP contribution >= 0.6 is 34.5 Å². The van der Waals surface area contributed by atoms with Crippen LogP contribution in [-0.4, -0.2) is 4.98 Å². The van der Waals surface area contributed by atoms with Gasteiger partial charge in [0.1, 0.15) is 15.7 Å². The van der Waals surface area contributed by atoms with Crippen LogP contribution in [-0.2, 0) is 0 Å². The highest BCUT2D eigenvalue weighted by atomic mass is 35.5. The molecule has 0 saturated carbocycles. The fourth-order valence-electron chi connectivity index (χ4n) is 3.51. The molecule has 0 aliphatic heterocycles. The molecule has 0 radical (unpaired) electrons. The zero-order chi connectivity index (χ0) is 21.9. The lowest BCUT2D eigenvalue weighted by Gasteiger charge is -2.24. The number of benzene rings is 4. The number of halogens is 2. The molecule has 2 nitrogen and oxygen atoms in total. The molecular weight excluding hydrogens is 455 g/mol. The molecular formula is C27H18Cl2N2S. The van der Waals surface area contributed by atoms with Gasteiger partial charge in [0.15, 0.2) is 0 Å². The second kappa shape index (κ2) is 9.17. The van der Waals surface area contributed by atoms with E-state index in [0.29, 0.717) is 10.0 Å². The van der Waals surface area contributed by atoms with Crippen LogP contribution in [0.5, 0.6) is 0 Å². The van der Waals surface area contributed by atoms with Crippen LogP contribution < -0.4 is 4.90 Å². The van der Waals surface area contributed by atoms with Crippen molar-refractivity contribution in [2.24, 2.45) is 0 Å². The molecule has 0 unspecified atom stereocenters. The SMILES string of the molecule is Clc1ccc(-c2nc(-c3ccc(Cl)cc3)c(N(c3ccccc3)c3ccccc3)s2)cc1. The minimum absolute atomic E-state index is 0.700. The predicted molar refractivity (Wildman–Crippen MR) is 138 cm³/mol. The Morgan fingerprint density at radius 2 is 1.03 bits per heavy atom. The summed E-state index contributed by atoms with van der Waals surface area (Å²) in [6.07, 6.45) is 0. The molecule has 4 aromatic carbocycles. The first kappa shape index (κ1) is 20.8. The first-order valence-corrected chi connectivity index (χ1v) is 11.7. The summed E-state index contributed by atoms with van der Waals surface area (Å²) in [7, 11) is 0. The van der Waals surface area contributed by atoms with Crippen molar-refractivity contribution in [2.75, 3.05) is 4.90 Å². The summed E-state index contributed by atoms with van der Waals surface area (Å²) in [6.45, 7) is 0. The number of anilines is 3. The van der Waals surface area contributed by atoms with E-state index in [4.69, 9.17) is 28.2 Å². The van der Waals surface area contributed by atoms with Gasteiger partial charge in [-0.3, -0.25) is 0 Å². The normalized spacial score (nSPS) is 10.8. The Morgan fingerprint density at radius 3 is 1.53 bits per heavy atom. The Bertz CT molecular complexity index is 1280. The number of rotatable bonds is 5. The molecule has 0 bridgehead atoms. The van der Waals surface area contributed by atoms with E-state index in [1.54, 1.807) is 11.3 Å². The largest absolute Gasteiger partial charge is 0.300 e. The van der Waals surface area contributed by atoms with E-state index in [-0.39, 0.29) is 0 Å². The number of para-hydroxylation sites is 2. The van der Waals surface area contributed by atoms with Gasteiger partial charge in [-0.1, -0.05) is 95.2 Å². The lowest BCUT2D eigenvalue weighted by molar-refractivity contribution is 1.29. The van der Waals surface area contributed by atoms with Gasteiger partial charge in [0.05, 0.1) is 0 Å². The first-order valence-electron chi connectivity index (χ1n) is 10.1. The molecule has 0 aliphatic rings. The molecule has 1 aromatic heterocycles. The van der Waals surface area contributed by atoms with Crippen molar-refractivity contribution in [1.82, 2.24) is 4.98 Å². The molecule has 156 valence electrons. The third-order valence-corrected chi connectivity index (χ3v) is 6.64. The summed E-state index contributed by atoms with van der Waals surface area (Å²) < 4.78 is 0. The third kappa shape index (κ3) is 4.28. The Kier molecular flexibility index (Phi) is 5.95. The quantitative estimate of drug-likeness (QED) is 0.253. The van der Waals surface area contributed by atoms with E-state index in [1.165, 1.54) is 0 Å². The smallest absolute Gasteiger partial charge is 0.129 e. The molecule has 5 aromatic rings. The van der Waals surface area contributed by atoms with Gasteiger partial charge in [0, 0.05) is 32.5 Å². The van der Waals surface area contributed by atoms with Crippen LogP contribution in [0.15, 0.2) is 109 Å². The van der Waals surface area contributed by atoms with Gasteiger partial charge >= 0.3 is 0 Å². The monoisotopic (exact) mass is 472 g/mol. The zero-order valence-corrected chi connectivity index (χ0v) is 19.3. The lowest BCUT2D eigenvalue weighted by atomic mass is 10.1. The zero-order valence-electron chi connectivity index (χ0n) is 17.0. The van der Waals surface area contributed by atoms with Crippen LogP contribution in [0.2, 0.25) is 10.0 Å². The average molecular weight is 473 g/mol. The molecule has 0 amide bonds. The molecule has 0 fully saturated rings. The molecule has 0 N–H and O–H groups in total. The van der Waals surface area contributed by atoms with E-state index in [2.05, 4.69) is 29.2 Å². The average Bonchev–Trinajstić information content (AvgIpc) is 3.26. The van der Waals surface area contributed by atoms with Crippen molar-refractivity contribution in [2.45, 2.75) is 0 Å². The number of thiazole rings is 1. The number of hydrogen-bond donors (Lipinski definition) is 0. The molecule has 0 saturated heterocycles. The van der Waals surface area contributed by atoms with E-state index in [9.17, 15) is 0 Å². The molecule has 1 heterocycles. The highest BCUT2D eigenvalue weighted by Crippen LogP contribution is 2.46. The van der Waals surface area contributed by atoms with Crippen molar-refractivity contribution in [1.29, 1.82) is 0 Å². The lowest BCUT2D eigenvalue weighted by Crippen LogP contribution is -2.09. The van der Waals surface area contributed by atoms with E-state index < -0.39 is 0 Å². The van der Waals surface area contributed by atoms with E-state index >= 15 is 0 Å². The summed E-state index contributed by atoms with van der Waals surface area (Å²) in [6, 6.07) is 36.3. The van der Waals surface area contributed by atoms with Crippen LogP contribution in [0.1, 0.15) is 0 Å². The maximum Gasteiger partial charge on any atom is 0.129 e. The van der Waals surface area contributed by atoms with Crippen molar-refractivity contribution in [3.05, 3.63) is 119 Å². The minimum atomic E-state index is 0.700.